The molecule has 2 aromatic rings. The second-order valence-electron chi connectivity index (χ2n) is 5.41. The molecule has 0 spiro atoms. The number of benzene rings is 2. The summed E-state index contributed by atoms with van der Waals surface area (Å²) in [5.41, 5.74) is 0.918. The lowest BCUT2D eigenvalue weighted by Crippen LogP contribution is -2.34. The number of ether oxygens (including phenoxy) is 1. The first kappa shape index (κ1) is 18.3. The molecule has 0 radical (unpaired) electrons. The first-order valence-corrected chi connectivity index (χ1v) is 7.89. The van der Waals surface area contributed by atoms with Crippen LogP contribution in [0.25, 0.3) is 0 Å². The first-order chi connectivity index (χ1) is 11.8. The molecule has 0 saturated carbocycles. The molecule has 2 aromatic carbocycles. The number of nitro benzene ring substituents is 1. The molecule has 130 valence electrons. The summed E-state index contributed by atoms with van der Waals surface area (Å²) in [6.45, 7) is 3.80. The summed E-state index contributed by atoms with van der Waals surface area (Å²) in [6, 6.07) is 12.5. The fourth-order valence-electron chi connectivity index (χ4n) is 1.99. The smallest absolute Gasteiger partial charge is 0.269 e. The van der Waals surface area contributed by atoms with Gasteiger partial charge in [0, 0.05) is 23.4 Å². The molecule has 0 aliphatic carbocycles. The maximum Gasteiger partial charge on any atom is 0.269 e. The monoisotopic (exact) mass is 359 g/mol. The lowest BCUT2D eigenvalue weighted by molar-refractivity contribution is -0.384. The second-order valence-corrected chi connectivity index (χ2v) is 5.81. The van der Waals surface area contributed by atoms with Gasteiger partial charge in [-0.3, -0.25) is 20.2 Å². The van der Waals surface area contributed by atoms with Crippen molar-refractivity contribution in [1.29, 1.82) is 0 Å². The van der Waals surface area contributed by atoms with Crippen LogP contribution in [0, 0.1) is 10.1 Å². The van der Waals surface area contributed by atoms with E-state index in [-0.39, 0.29) is 22.8 Å². The largest absolute Gasteiger partial charge is 0.491 e. The molecule has 0 aromatic heterocycles. The minimum Gasteiger partial charge on any atom is -0.491 e. The SMILES string of the molecule is CC(C)Oc1cccc(C(=O)NC(=S)Nc2ccc([N+](=O)[O-])cc2)c1. The second kappa shape index (κ2) is 8.20. The van der Waals surface area contributed by atoms with Gasteiger partial charge in [0.1, 0.15) is 5.75 Å². The number of nitrogens with zero attached hydrogens (tertiary/aromatic N) is 1. The van der Waals surface area contributed by atoms with Gasteiger partial charge in [-0.1, -0.05) is 6.07 Å². The normalized spacial score (nSPS) is 10.2. The fourth-order valence-corrected chi connectivity index (χ4v) is 2.20. The number of carbonyl (C=O) groups is 1. The highest BCUT2D eigenvalue weighted by molar-refractivity contribution is 7.80. The summed E-state index contributed by atoms with van der Waals surface area (Å²) >= 11 is 5.09. The molecule has 0 fully saturated rings. The van der Waals surface area contributed by atoms with Crippen LogP contribution in [0.15, 0.2) is 48.5 Å². The van der Waals surface area contributed by atoms with Crippen molar-refractivity contribution in [3.8, 4) is 5.75 Å². The number of nitrogens with one attached hydrogen (secondary N) is 2. The number of hydrogen-bond acceptors (Lipinski definition) is 5. The number of thiocarbonyl (C=S) groups is 1. The van der Waals surface area contributed by atoms with Crippen molar-refractivity contribution >= 4 is 34.6 Å². The Kier molecular flexibility index (Phi) is 6.02. The standard InChI is InChI=1S/C17H17N3O4S/c1-11(2)24-15-5-3-4-12(10-15)16(21)19-17(25)18-13-6-8-14(9-7-13)20(22)23/h3-11H,1-2H3,(H2,18,19,21,25). The van der Waals surface area contributed by atoms with Gasteiger partial charge in [0.2, 0.25) is 0 Å². The van der Waals surface area contributed by atoms with E-state index in [2.05, 4.69) is 10.6 Å². The molecule has 0 heterocycles. The average Bonchev–Trinajstić information content (AvgIpc) is 2.54. The van der Waals surface area contributed by atoms with Crippen LogP contribution >= 0.6 is 12.2 Å². The Morgan fingerprint density at radius 1 is 1.20 bits per heavy atom. The van der Waals surface area contributed by atoms with Gasteiger partial charge in [-0.15, -0.1) is 0 Å². The van der Waals surface area contributed by atoms with Crippen LogP contribution in [0.3, 0.4) is 0 Å². The Hall–Kier alpha value is -3.00. The predicted molar refractivity (Wildman–Crippen MR) is 99.0 cm³/mol. The highest BCUT2D eigenvalue weighted by Gasteiger charge is 2.10. The molecule has 0 bridgehead atoms. The van der Waals surface area contributed by atoms with E-state index in [1.54, 1.807) is 24.3 Å². The highest BCUT2D eigenvalue weighted by atomic mass is 32.1. The fraction of sp³-hybridized carbons (Fsp3) is 0.176. The summed E-state index contributed by atoms with van der Waals surface area (Å²) in [5, 5.41) is 16.1. The van der Waals surface area contributed by atoms with Crippen molar-refractivity contribution in [2.75, 3.05) is 5.32 Å². The van der Waals surface area contributed by atoms with Crippen LogP contribution in [0.1, 0.15) is 24.2 Å². The van der Waals surface area contributed by atoms with Crippen LogP contribution < -0.4 is 15.4 Å². The van der Waals surface area contributed by atoms with E-state index in [1.807, 2.05) is 13.8 Å². The third kappa shape index (κ3) is 5.54. The number of anilines is 1. The first-order valence-electron chi connectivity index (χ1n) is 7.48. The Morgan fingerprint density at radius 3 is 2.48 bits per heavy atom. The zero-order chi connectivity index (χ0) is 18.4. The number of rotatable bonds is 5. The van der Waals surface area contributed by atoms with Crippen LogP contribution in [-0.4, -0.2) is 22.0 Å². The van der Waals surface area contributed by atoms with Crippen molar-refractivity contribution in [3.63, 3.8) is 0 Å². The van der Waals surface area contributed by atoms with Gasteiger partial charge in [0.15, 0.2) is 5.11 Å². The van der Waals surface area contributed by atoms with E-state index in [9.17, 15) is 14.9 Å². The zero-order valence-electron chi connectivity index (χ0n) is 13.7. The van der Waals surface area contributed by atoms with E-state index in [0.717, 1.165) is 0 Å². The molecule has 0 aliphatic heterocycles. The van der Waals surface area contributed by atoms with E-state index in [0.29, 0.717) is 17.0 Å². The zero-order valence-corrected chi connectivity index (χ0v) is 14.5. The summed E-state index contributed by atoms with van der Waals surface area (Å²) in [7, 11) is 0. The quantitative estimate of drug-likeness (QED) is 0.482. The Labute approximate surface area is 150 Å². The summed E-state index contributed by atoms with van der Waals surface area (Å²) in [4.78, 5) is 22.4. The van der Waals surface area contributed by atoms with Crippen molar-refractivity contribution in [3.05, 3.63) is 64.2 Å². The van der Waals surface area contributed by atoms with Gasteiger partial charge in [-0.05, 0) is 56.4 Å². The van der Waals surface area contributed by atoms with Gasteiger partial charge in [0.25, 0.3) is 11.6 Å². The van der Waals surface area contributed by atoms with E-state index >= 15 is 0 Å². The molecular weight excluding hydrogens is 342 g/mol. The third-order valence-electron chi connectivity index (χ3n) is 3.03. The van der Waals surface area contributed by atoms with Crippen molar-refractivity contribution in [1.82, 2.24) is 5.32 Å². The molecule has 2 rings (SSSR count). The number of nitro groups is 1. The van der Waals surface area contributed by atoms with Crippen molar-refractivity contribution in [2.45, 2.75) is 20.0 Å². The third-order valence-corrected chi connectivity index (χ3v) is 3.24. The summed E-state index contributed by atoms with van der Waals surface area (Å²) in [5.74, 6) is 0.213. The lowest BCUT2D eigenvalue weighted by atomic mass is 10.2. The number of carbonyl (C=O) groups excluding carboxylic acids is 1. The Morgan fingerprint density at radius 2 is 1.88 bits per heavy atom. The molecule has 2 N–H and O–H groups in total. The molecule has 1 amide bonds. The molecule has 0 saturated heterocycles. The summed E-state index contributed by atoms with van der Waals surface area (Å²) < 4.78 is 5.55. The molecule has 25 heavy (non-hydrogen) atoms. The molecule has 0 atom stereocenters. The average molecular weight is 359 g/mol. The topological polar surface area (TPSA) is 93.5 Å². The van der Waals surface area contributed by atoms with Crippen LogP contribution in [0.5, 0.6) is 5.75 Å². The van der Waals surface area contributed by atoms with Crippen LogP contribution in [0.2, 0.25) is 0 Å². The minimum absolute atomic E-state index is 0.00296. The Bertz CT molecular complexity index is 791. The van der Waals surface area contributed by atoms with Crippen LogP contribution in [0.4, 0.5) is 11.4 Å². The molecular formula is C17H17N3O4S. The van der Waals surface area contributed by atoms with E-state index in [1.165, 1.54) is 24.3 Å². The lowest BCUT2D eigenvalue weighted by Gasteiger charge is -2.12. The highest BCUT2D eigenvalue weighted by Crippen LogP contribution is 2.16. The molecule has 8 heteroatoms. The minimum atomic E-state index is -0.490. The Balaban J connectivity index is 1.98. The van der Waals surface area contributed by atoms with Gasteiger partial charge in [0.05, 0.1) is 11.0 Å². The van der Waals surface area contributed by atoms with Gasteiger partial charge >= 0.3 is 0 Å². The number of amides is 1. The molecule has 0 aliphatic rings. The number of non-ortho nitro benzene ring substituents is 1. The maximum absolute atomic E-state index is 12.2. The van der Waals surface area contributed by atoms with Gasteiger partial charge < -0.3 is 10.1 Å². The van der Waals surface area contributed by atoms with Gasteiger partial charge in [-0.2, -0.15) is 0 Å². The van der Waals surface area contributed by atoms with Crippen LogP contribution in [-0.2, 0) is 0 Å². The molecule has 7 nitrogen and oxygen atoms in total. The van der Waals surface area contributed by atoms with E-state index < -0.39 is 4.92 Å². The van der Waals surface area contributed by atoms with E-state index in [4.69, 9.17) is 17.0 Å². The predicted octanol–water partition coefficient (Wildman–Crippen LogP) is 3.51. The molecule has 0 unspecified atom stereocenters. The summed E-state index contributed by atoms with van der Waals surface area (Å²) in [6.07, 6.45) is 0.00296. The van der Waals surface area contributed by atoms with Crippen molar-refractivity contribution < 1.29 is 14.5 Å². The van der Waals surface area contributed by atoms with Gasteiger partial charge in [-0.25, -0.2) is 0 Å². The number of hydrogen-bond donors (Lipinski definition) is 2. The maximum atomic E-state index is 12.2. The van der Waals surface area contributed by atoms with Crippen molar-refractivity contribution in [2.24, 2.45) is 0 Å².